The van der Waals surface area contributed by atoms with Crippen molar-refractivity contribution in [1.82, 2.24) is 9.78 Å². The Labute approximate surface area is 124 Å². The van der Waals surface area contributed by atoms with Gasteiger partial charge in [-0.1, -0.05) is 36.6 Å². The van der Waals surface area contributed by atoms with Gasteiger partial charge in [0.15, 0.2) is 0 Å². The molecule has 0 unspecified atom stereocenters. The van der Waals surface area contributed by atoms with Crippen molar-refractivity contribution < 1.29 is 0 Å². The number of hydrogen-bond donors (Lipinski definition) is 1. The molecular formula is C14H14BrClN2O. The summed E-state index contributed by atoms with van der Waals surface area (Å²) in [6.45, 7) is 0. The summed E-state index contributed by atoms with van der Waals surface area (Å²) >= 11 is 9.52. The lowest BCUT2D eigenvalue weighted by molar-refractivity contribution is 0.700. The van der Waals surface area contributed by atoms with E-state index in [4.69, 9.17) is 11.6 Å². The van der Waals surface area contributed by atoms with Gasteiger partial charge in [-0.2, -0.15) is 0 Å². The van der Waals surface area contributed by atoms with E-state index >= 15 is 0 Å². The van der Waals surface area contributed by atoms with E-state index in [1.807, 2.05) is 18.2 Å². The molecule has 0 saturated heterocycles. The van der Waals surface area contributed by atoms with Gasteiger partial charge in [0.2, 0.25) is 0 Å². The van der Waals surface area contributed by atoms with Crippen LogP contribution in [0.4, 0.5) is 0 Å². The highest BCUT2D eigenvalue weighted by molar-refractivity contribution is 9.10. The predicted octanol–water partition coefficient (Wildman–Crippen LogP) is 3.92. The van der Waals surface area contributed by atoms with Crippen molar-refractivity contribution in [1.29, 1.82) is 0 Å². The first-order valence-electron chi connectivity index (χ1n) is 6.41. The highest BCUT2D eigenvalue weighted by Crippen LogP contribution is 2.34. The van der Waals surface area contributed by atoms with E-state index < -0.39 is 0 Å². The molecule has 3 rings (SSSR count). The Morgan fingerprint density at radius 1 is 1.37 bits per heavy atom. The van der Waals surface area contributed by atoms with Crippen LogP contribution in [0.1, 0.15) is 25.0 Å². The predicted molar refractivity (Wildman–Crippen MR) is 80.1 cm³/mol. The van der Waals surface area contributed by atoms with E-state index in [1.54, 1.807) is 6.07 Å². The normalized spacial score (nSPS) is 14.8. The fraction of sp³-hybridized carbons (Fsp3) is 0.357. The highest BCUT2D eigenvalue weighted by atomic mass is 79.9. The van der Waals surface area contributed by atoms with Crippen LogP contribution in [0.25, 0.3) is 5.69 Å². The van der Waals surface area contributed by atoms with E-state index in [-0.39, 0.29) is 5.56 Å². The Kier molecular flexibility index (Phi) is 3.54. The number of aromatic nitrogens is 2. The summed E-state index contributed by atoms with van der Waals surface area (Å²) in [6, 6.07) is 7.33. The second-order valence-electron chi connectivity index (χ2n) is 4.98. The molecule has 1 fully saturated rings. The van der Waals surface area contributed by atoms with Crippen LogP contribution in [0.5, 0.6) is 0 Å². The van der Waals surface area contributed by atoms with Crippen molar-refractivity contribution in [2.24, 2.45) is 5.92 Å². The number of rotatable bonds is 4. The van der Waals surface area contributed by atoms with Crippen molar-refractivity contribution in [3.8, 4) is 5.69 Å². The molecule has 100 valence electrons. The average Bonchev–Trinajstić information content (AvgIpc) is 3.19. The molecular weight excluding hydrogens is 328 g/mol. The Morgan fingerprint density at radius 2 is 2.11 bits per heavy atom. The van der Waals surface area contributed by atoms with Crippen LogP contribution >= 0.6 is 27.5 Å². The van der Waals surface area contributed by atoms with Crippen molar-refractivity contribution in [3.63, 3.8) is 0 Å². The van der Waals surface area contributed by atoms with Crippen molar-refractivity contribution in [2.75, 3.05) is 0 Å². The molecule has 1 heterocycles. The summed E-state index contributed by atoms with van der Waals surface area (Å²) in [7, 11) is 0. The molecule has 1 aliphatic carbocycles. The van der Waals surface area contributed by atoms with Crippen molar-refractivity contribution in [3.05, 3.63) is 49.8 Å². The fourth-order valence-corrected chi connectivity index (χ4v) is 2.87. The van der Waals surface area contributed by atoms with Gasteiger partial charge in [0.05, 0.1) is 16.4 Å². The summed E-state index contributed by atoms with van der Waals surface area (Å²) < 4.78 is 2.13. The van der Waals surface area contributed by atoms with Crippen molar-refractivity contribution in [2.45, 2.75) is 25.7 Å². The van der Waals surface area contributed by atoms with Gasteiger partial charge >= 0.3 is 0 Å². The summed E-state index contributed by atoms with van der Waals surface area (Å²) in [5, 5.41) is 3.72. The summed E-state index contributed by atoms with van der Waals surface area (Å²) in [6.07, 6.45) is 4.69. The van der Waals surface area contributed by atoms with Crippen LogP contribution in [0.2, 0.25) is 5.02 Å². The molecule has 0 spiro atoms. The van der Waals surface area contributed by atoms with Crippen LogP contribution in [0.15, 0.2) is 33.5 Å². The minimum atomic E-state index is -0.0844. The first-order chi connectivity index (χ1) is 9.16. The number of hydrogen-bond acceptors (Lipinski definition) is 1. The number of halogens is 2. The number of aromatic amines is 1. The highest BCUT2D eigenvalue weighted by Gasteiger charge is 2.22. The molecule has 3 nitrogen and oxygen atoms in total. The maximum absolute atomic E-state index is 12.2. The Balaban J connectivity index is 1.95. The molecule has 1 aromatic heterocycles. The number of nitrogens with one attached hydrogen (secondary N) is 1. The van der Waals surface area contributed by atoms with Gasteiger partial charge in [-0.05, 0) is 46.8 Å². The van der Waals surface area contributed by atoms with E-state index in [9.17, 15) is 4.79 Å². The molecule has 1 N–H and O–H groups in total. The van der Waals surface area contributed by atoms with E-state index in [0.29, 0.717) is 15.2 Å². The third-order valence-electron chi connectivity index (χ3n) is 3.50. The first-order valence-corrected chi connectivity index (χ1v) is 7.58. The molecule has 1 aliphatic rings. The number of H-pyrrole nitrogens is 1. The zero-order chi connectivity index (χ0) is 13.4. The second kappa shape index (κ2) is 5.17. The smallest absolute Gasteiger partial charge is 0.285 e. The van der Waals surface area contributed by atoms with Gasteiger partial charge in [-0.3, -0.25) is 9.89 Å². The zero-order valence-corrected chi connectivity index (χ0v) is 12.7. The molecule has 1 aromatic carbocycles. The third-order valence-corrected chi connectivity index (χ3v) is 4.63. The minimum absolute atomic E-state index is 0.0844. The topological polar surface area (TPSA) is 37.8 Å². The Morgan fingerprint density at radius 3 is 2.79 bits per heavy atom. The molecule has 0 radical (unpaired) electrons. The largest absolute Gasteiger partial charge is 0.294 e. The molecule has 0 atom stereocenters. The monoisotopic (exact) mass is 340 g/mol. The molecule has 1 saturated carbocycles. The van der Waals surface area contributed by atoms with Crippen LogP contribution in [0, 0.1) is 5.92 Å². The number of nitrogens with zero attached hydrogens (tertiary/aromatic N) is 1. The fourth-order valence-electron chi connectivity index (χ4n) is 2.19. The van der Waals surface area contributed by atoms with Crippen molar-refractivity contribution >= 4 is 27.5 Å². The molecule has 0 amide bonds. The third kappa shape index (κ3) is 2.65. The maximum Gasteiger partial charge on any atom is 0.285 e. The first kappa shape index (κ1) is 13.0. The molecule has 19 heavy (non-hydrogen) atoms. The van der Waals surface area contributed by atoms with Gasteiger partial charge in [-0.25, -0.2) is 4.68 Å². The summed E-state index contributed by atoms with van der Waals surface area (Å²) in [5.74, 6) is 0.846. The quantitative estimate of drug-likeness (QED) is 0.899. The number of para-hydroxylation sites is 1. The van der Waals surface area contributed by atoms with E-state index in [0.717, 1.165) is 24.5 Å². The van der Waals surface area contributed by atoms with Crippen LogP contribution in [-0.2, 0) is 6.42 Å². The Hall–Kier alpha value is -1.00. The molecule has 0 bridgehead atoms. The molecule has 2 aromatic rings. The van der Waals surface area contributed by atoms with E-state index in [1.165, 1.54) is 17.5 Å². The van der Waals surface area contributed by atoms with Gasteiger partial charge in [0.1, 0.15) is 4.47 Å². The minimum Gasteiger partial charge on any atom is -0.294 e. The summed E-state index contributed by atoms with van der Waals surface area (Å²) in [5.41, 5.74) is 1.56. The number of aryl methyl sites for hydroxylation is 1. The van der Waals surface area contributed by atoms with Crippen LogP contribution in [0.3, 0.4) is 0 Å². The maximum atomic E-state index is 12.2. The van der Waals surface area contributed by atoms with Gasteiger partial charge < -0.3 is 0 Å². The molecule has 5 heteroatoms. The lowest BCUT2D eigenvalue weighted by Crippen LogP contribution is -2.14. The lowest BCUT2D eigenvalue weighted by atomic mass is 10.2. The van der Waals surface area contributed by atoms with Gasteiger partial charge in [0.25, 0.3) is 5.56 Å². The average molecular weight is 342 g/mol. The Bertz CT molecular complexity index is 658. The summed E-state index contributed by atoms with van der Waals surface area (Å²) in [4.78, 5) is 12.2. The van der Waals surface area contributed by atoms with Gasteiger partial charge in [-0.15, -0.1) is 0 Å². The van der Waals surface area contributed by atoms with Crippen LogP contribution < -0.4 is 5.56 Å². The number of benzene rings is 1. The van der Waals surface area contributed by atoms with E-state index in [2.05, 4.69) is 21.0 Å². The molecule has 0 aliphatic heterocycles. The van der Waals surface area contributed by atoms with Crippen LogP contribution in [-0.4, -0.2) is 9.78 Å². The second-order valence-corrected chi connectivity index (χ2v) is 6.18. The van der Waals surface area contributed by atoms with Gasteiger partial charge in [0, 0.05) is 0 Å². The lowest BCUT2D eigenvalue weighted by Gasteiger charge is -2.03. The standard InChI is InChI=1S/C14H14BrClN2O/c15-13-11(8-7-9-5-6-9)17-18(14(13)19)12-4-2-1-3-10(12)16/h1-4,9,17H,5-8H2. The SMILES string of the molecule is O=c1c(Br)c(CCC2CC2)[nH]n1-c1ccccc1Cl. The zero-order valence-electron chi connectivity index (χ0n) is 10.3.